The van der Waals surface area contributed by atoms with E-state index in [2.05, 4.69) is 0 Å². The second-order valence-electron chi connectivity index (χ2n) is 4.85. The Kier molecular flexibility index (Phi) is 3.31. The molecule has 0 saturated carbocycles. The van der Waals surface area contributed by atoms with Gasteiger partial charge in [0, 0.05) is 12.5 Å². The molecule has 1 amide bonds. The zero-order chi connectivity index (χ0) is 14.1. The minimum Gasteiger partial charge on any atom is -0.493 e. The summed E-state index contributed by atoms with van der Waals surface area (Å²) in [6, 6.07) is 5.06. The van der Waals surface area contributed by atoms with Crippen LogP contribution in [-0.4, -0.2) is 42.8 Å². The first kappa shape index (κ1) is 12.9. The number of rotatable bonds is 2. The Morgan fingerprint density at radius 1 is 1.35 bits per heavy atom. The SMILES string of the molecule is O=C1CCCOc2cc(N3C[C@H](CO)OC3=O)ccc21. The van der Waals surface area contributed by atoms with E-state index >= 15 is 0 Å². The molecule has 3 rings (SSSR count). The topological polar surface area (TPSA) is 76.1 Å². The fourth-order valence-electron chi connectivity index (χ4n) is 2.41. The Balaban J connectivity index is 1.91. The largest absolute Gasteiger partial charge is 0.493 e. The number of amides is 1. The van der Waals surface area contributed by atoms with Gasteiger partial charge in [0.05, 0.1) is 31.0 Å². The molecule has 1 atom stereocenters. The Hall–Kier alpha value is -2.08. The number of nitrogens with zero attached hydrogens (tertiary/aromatic N) is 1. The molecule has 0 spiro atoms. The maximum Gasteiger partial charge on any atom is 0.414 e. The molecule has 6 nitrogen and oxygen atoms in total. The maximum absolute atomic E-state index is 11.9. The summed E-state index contributed by atoms with van der Waals surface area (Å²) < 4.78 is 10.6. The lowest BCUT2D eigenvalue weighted by Crippen LogP contribution is -2.25. The van der Waals surface area contributed by atoms with Crippen LogP contribution in [-0.2, 0) is 4.74 Å². The van der Waals surface area contributed by atoms with Crippen LogP contribution in [0, 0.1) is 0 Å². The molecular formula is C14H15NO5. The molecule has 0 unspecified atom stereocenters. The van der Waals surface area contributed by atoms with Gasteiger partial charge in [0.2, 0.25) is 0 Å². The number of ether oxygens (including phenoxy) is 2. The molecule has 2 heterocycles. The molecular weight excluding hydrogens is 262 g/mol. The molecule has 1 aromatic carbocycles. The van der Waals surface area contributed by atoms with E-state index in [4.69, 9.17) is 14.6 Å². The van der Waals surface area contributed by atoms with E-state index < -0.39 is 12.2 Å². The van der Waals surface area contributed by atoms with Crippen molar-refractivity contribution in [2.45, 2.75) is 18.9 Å². The Morgan fingerprint density at radius 2 is 2.20 bits per heavy atom. The van der Waals surface area contributed by atoms with Crippen LogP contribution in [0.3, 0.4) is 0 Å². The number of Topliss-reactive ketones (excluding diaryl/α,β-unsaturated/α-hetero) is 1. The normalized spacial score (nSPS) is 22.1. The molecule has 2 aliphatic heterocycles. The standard InChI is InChI=1S/C14H15NO5/c16-8-10-7-15(14(18)20-10)9-3-4-11-12(17)2-1-5-19-13(11)6-9/h3-4,6,10,16H,1-2,5,7-8H2/t10-/m1/s1. The molecule has 20 heavy (non-hydrogen) atoms. The van der Waals surface area contributed by atoms with Gasteiger partial charge in [0.15, 0.2) is 5.78 Å². The van der Waals surface area contributed by atoms with E-state index in [9.17, 15) is 9.59 Å². The van der Waals surface area contributed by atoms with E-state index in [1.807, 2.05) is 0 Å². The fourth-order valence-corrected chi connectivity index (χ4v) is 2.41. The van der Waals surface area contributed by atoms with Crippen molar-refractivity contribution < 1.29 is 24.2 Å². The van der Waals surface area contributed by atoms with Crippen LogP contribution in [0.2, 0.25) is 0 Å². The highest BCUT2D eigenvalue weighted by molar-refractivity contribution is 6.00. The van der Waals surface area contributed by atoms with E-state index in [1.54, 1.807) is 18.2 Å². The summed E-state index contributed by atoms with van der Waals surface area (Å²) in [5, 5.41) is 9.04. The molecule has 1 aromatic rings. The van der Waals surface area contributed by atoms with E-state index in [0.717, 1.165) is 0 Å². The van der Waals surface area contributed by atoms with Crippen molar-refractivity contribution in [1.82, 2.24) is 0 Å². The zero-order valence-electron chi connectivity index (χ0n) is 10.9. The average molecular weight is 277 g/mol. The van der Waals surface area contributed by atoms with Crippen LogP contribution in [0.15, 0.2) is 18.2 Å². The highest BCUT2D eigenvalue weighted by Gasteiger charge is 2.32. The number of carbonyl (C=O) groups is 2. The quantitative estimate of drug-likeness (QED) is 0.883. The second-order valence-corrected chi connectivity index (χ2v) is 4.85. The van der Waals surface area contributed by atoms with E-state index in [0.29, 0.717) is 43.0 Å². The van der Waals surface area contributed by atoms with Gasteiger partial charge in [0.25, 0.3) is 0 Å². The third-order valence-electron chi connectivity index (χ3n) is 3.46. The highest BCUT2D eigenvalue weighted by atomic mass is 16.6. The van der Waals surface area contributed by atoms with Gasteiger partial charge in [-0.1, -0.05) is 0 Å². The summed E-state index contributed by atoms with van der Waals surface area (Å²) in [7, 11) is 0. The predicted octanol–water partition coefficient (Wildman–Crippen LogP) is 1.36. The smallest absolute Gasteiger partial charge is 0.414 e. The van der Waals surface area contributed by atoms with Crippen LogP contribution >= 0.6 is 0 Å². The number of cyclic esters (lactones) is 1. The first-order chi connectivity index (χ1) is 9.69. The number of hydrogen-bond acceptors (Lipinski definition) is 5. The Bertz CT molecular complexity index is 556. The van der Waals surface area contributed by atoms with Crippen LogP contribution in [0.1, 0.15) is 23.2 Å². The monoisotopic (exact) mass is 277 g/mol. The maximum atomic E-state index is 11.9. The molecule has 1 fully saturated rings. The minimum absolute atomic E-state index is 0.0567. The van der Waals surface area contributed by atoms with Gasteiger partial charge in [-0.15, -0.1) is 0 Å². The molecule has 0 aromatic heterocycles. The molecule has 1 N–H and O–H groups in total. The number of benzene rings is 1. The van der Waals surface area contributed by atoms with Crippen LogP contribution in [0.4, 0.5) is 10.5 Å². The molecule has 1 saturated heterocycles. The highest BCUT2D eigenvalue weighted by Crippen LogP contribution is 2.31. The zero-order valence-corrected chi connectivity index (χ0v) is 10.9. The van der Waals surface area contributed by atoms with Crippen molar-refractivity contribution in [3.05, 3.63) is 23.8 Å². The van der Waals surface area contributed by atoms with Crippen molar-refractivity contribution in [3.63, 3.8) is 0 Å². The number of aliphatic hydroxyl groups is 1. The van der Waals surface area contributed by atoms with Gasteiger partial charge in [-0.3, -0.25) is 9.69 Å². The van der Waals surface area contributed by atoms with Crippen molar-refractivity contribution in [1.29, 1.82) is 0 Å². The average Bonchev–Trinajstić information content (AvgIpc) is 2.74. The van der Waals surface area contributed by atoms with Gasteiger partial charge in [-0.25, -0.2) is 4.79 Å². The molecule has 0 radical (unpaired) electrons. The minimum atomic E-state index is -0.510. The lowest BCUT2D eigenvalue weighted by Gasteiger charge is -2.15. The van der Waals surface area contributed by atoms with Gasteiger partial charge < -0.3 is 14.6 Å². The Morgan fingerprint density at radius 3 is 2.95 bits per heavy atom. The Labute approximate surface area is 115 Å². The van der Waals surface area contributed by atoms with E-state index in [-0.39, 0.29) is 12.4 Å². The molecule has 2 aliphatic rings. The summed E-state index contributed by atoms with van der Waals surface area (Å²) in [5.74, 6) is 0.562. The lowest BCUT2D eigenvalue weighted by molar-refractivity contribution is 0.0962. The summed E-state index contributed by atoms with van der Waals surface area (Å²) in [6.45, 7) is 0.580. The molecule has 0 aliphatic carbocycles. The number of fused-ring (bicyclic) bond motifs is 1. The van der Waals surface area contributed by atoms with Crippen molar-refractivity contribution in [3.8, 4) is 5.75 Å². The van der Waals surface area contributed by atoms with Crippen molar-refractivity contribution >= 4 is 17.6 Å². The number of carbonyl (C=O) groups excluding carboxylic acids is 2. The third-order valence-corrected chi connectivity index (χ3v) is 3.46. The van der Waals surface area contributed by atoms with E-state index in [1.165, 1.54) is 4.90 Å². The van der Waals surface area contributed by atoms with Crippen molar-refractivity contribution in [2.75, 3.05) is 24.7 Å². The number of hydrogen-bond donors (Lipinski definition) is 1. The van der Waals surface area contributed by atoms with Gasteiger partial charge in [0.1, 0.15) is 11.9 Å². The summed E-state index contributed by atoms with van der Waals surface area (Å²) in [4.78, 5) is 25.0. The first-order valence-corrected chi connectivity index (χ1v) is 6.58. The summed E-state index contributed by atoms with van der Waals surface area (Å²) >= 11 is 0. The predicted molar refractivity (Wildman–Crippen MR) is 70.2 cm³/mol. The van der Waals surface area contributed by atoms with Gasteiger partial charge in [-0.05, 0) is 18.6 Å². The third kappa shape index (κ3) is 2.22. The summed E-state index contributed by atoms with van der Waals surface area (Å²) in [5.41, 5.74) is 1.16. The number of anilines is 1. The van der Waals surface area contributed by atoms with Crippen LogP contribution in [0.25, 0.3) is 0 Å². The lowest BCUT2D eigenvalue weighted by atomic mass is 10.1. The van der Waals surface area contributed by atoms with Crippen LogP contribution in [0.5, 0.6) is 5.75 Å². The molecule has 6 heteroatoms. The molecule has 106 valence electrons. The summed E-state index contributed by atoms with van der Waals surface area (Å²) in [6.07, 6.45) is 0.166. The first-order valence-electron chi connectivity index (χ1n) is 6.58. The van der Waals surface area contributed by atoms with Crippen molar-refractivity contribution in [2.24, 2.45) is 0 Å². The number of aliphatic hydroxyl groups excluding tert-OH is 1. The number of ketones is 1. The molecule has 0 bridgehead atoms. The van der Waals surface area contributed by atoms with Gasteiger partial charge >= 0.3 is 6.09 Å². The van der Waals surface area contributed by atoms with Gasteiger partial charge in [-0.2, -0.15) is 0 Å². The second kappa shape index (κ2) is 5.13. The fraction of sp³-hybridized carbons (Fsp3) is 0.429. The van der Waals surface area contributed by atoms with Crippen LogP contribution < -0.4 is 9.64 Å².